The molecule has 0 bridgehead atoms. The molecule has 6 amide bonds. The maximum absolute atomic E-state index is 14.0. The minimum atomic E-state index is -4.55. The average Bonchev–Trinajstić information content (AvgIpc) is 4.27. The minimum Gasteiger partial charge on any atom is -0.391 e. The smallest absolute Gasteiger partial charge is 0.391 e. The fraction of sp³-hybridized carbons (Fsp3) is 0.339. The first-order chi connectivity index (χ1) is 37.1. The molecular formula is C56H60F3N11O7S. The SMILES string of the molecule is Cc1ccc(NC(=O)Cn2cc(-c3ccc4c(NC(=O)c5ccc(NC(=O)CCCCCC(=O)N[C@H](C(=O)N6C[C@H](O)C[C@H]6C(=O)NCc6ccc(-c7scnc7C)cc6)C(C)(C)C)cc5)n[nH]c4c3)cn2)cc1C(F)(F)F. The molecule has 1 aliphatic heterocycles. The molecule has 78 heavy (non-hydrogen) atoms. The molecule has 8 rings (SSSR count). The van der Waals surface area contributed by atoms with E-state index in [0.29, 0.717) is 47.0 Å². The van der Waals surface area contributed by atoms with E-state index in [1.165, 1.54) is 28.6 Å². The quantitative estimate of drug-likeness (QED) is 0.0380. The molecule has 408 valence electrons. The molecular weight excluding hydrogens is 1030 g/mol. The van der Waals surface area contributed by atoms with E-state index >= 15 is 0 Å². The zero-order valence-electron chi connectivity index (χ0n) is 43.6. The van der Waals surface area contributed by atoms with Crippen molar-refractivity contribution in [1.29, 1.82) is 0 Å². The number of hydrogen-bond donors (Lipinski definition) is 7. The minimum absolute atomic E-state index is 0.0182. The Kier molecular flexibility index (Phi) is 17.2. The highest BCUT2D eigenvalue weighted by atomic mass is 32.1. The van der Waals surface area contributed by atoms with E-state index in [-0.39, 0.29) is 67.8 Å². The summed E-state index contributed by atoms with van der Waals surface area (Å²) >= 11 is 1.56. The van der Waals surface area contributed by atoms with Crippen LogP contribution < -0.4 is 26.6 Å². The standard InChI is InChI=1S/C56H60F3N11O7S/c1-32-11-19-40(24-43(32)56(57,58)59)64-48(74)30-69-28-38(27-62-69)37-18-22-42-44(23-37)67-68-51(42)66-52(75)36-16-20-39(21-17-36)63-46(72)9-7-6-8-10-47(73)65-50(55(3,4)5)54(77)70-29-41(71)25-45(70)53(76)60-26-34-12-14-35(15-13-34)49-33(2)61-31-78-49/h11-24,27-28,31,41,45,50,71H,6-10,25-26,29-30H2,1-5H3,(H,60,76)(H,63,72)(H,64,74)(H,65,73)(H2,66,67,68,75)/t41-,45+,50-/m1/s1. The Morgan fingerprint density at radius 3 is 2.19 bits per heavy atom. The van der Waals surface area contributed by atoms with Crippen LogP contribution in [0.5, 0.6) is 0 Å². The van der Waals surface area contributed by atoms with E-state index < -0.39 is 59.0 Å². The van der Waals surface area contributed by atoms with Gasteiger partial charge in [-0.3, -0.25) is 38.5 Å². The summed E-state index contributed by atoms with van der Waals surface area (Å²) in [6.07, 6.45) is -0.380. The molecule has 1 saturated heterocycles. The molecule has 3 atom stereocenters. The van der Waals surface area contributed by atoms with Gasteiger partial charge in [0.05, 0.1) is 39.5 Å². The van der Waals surface area contributed by atoms with Crippen LogP contribution in [0.2, 0.25) is 0 Å². The number of β-amino-alcohol motifs (C(OH)–C–C–N with tert-alkyl or cyclic N) is 1. The number of unbranched alkanes of at least 4 members (excludes halogenated alkanes) is 2. The van der Waals surface area contributed by atoms with Crippen LogP contribution in [0.15, 0.2) is 103 Å². The first-order valence-electron chi connectivity index (χ1n) is 25.3. The highest BCUT2D eigenvalue weighted by Crippen LogP contribution is 2.34. The summed E-state index contributed by atoms with van der Waals surface area (Å²) in [6, 6.07) is 21.2. The predicted octanol–water partition coefficient (Wildman–Crippen LogP) is 8.77. The number of aromatic amines is 1. The number of aliphatic hydroxyl groups excluding tert-OH is 1. The molecule has 4 aromatic carbocycles. The number of carbonyl (C=O) groups excluding carboxylic acids is 6. The number of H-pyrrole nitrogens is 1. The van der Waals surface area contributed by atoms with Crippen molar-refractivity contribution in [2.45, 2.75) is 111 Å². The highest BCUT2D eigenvalue weighted by Gasteiger charge is 2.44. The molecule has 3 aromatic heterocycles. The summed E-state index contributed by atoms with van der Waals surface area (Å²) in [6.45, 7) is 8.73. The van der Waals surface area contributed by atoms with E-state index in [2.05, 4.69) is 46.9 Å². The van der Waals surface area contributed by atoms with Crippen LogP contribution in [-0.2, 0) is 43.2 Å². The number of benzene rings is 4. The second kappa shape index (κ2) is 24.0. The molecule has 0 spiro atoms. The first-order valence-corrected chi connectivity index (χ1v) is 26.2. The number of carbonyl (C=O) groups is 6. The van der Waals surface area contributed by atoms with Crippen molar-refractivity contribution in [3.8, 4) is 21.6 Å². The van der Waals surface area contributed by atoms with Crippen molar-refractivity contribution in [3.63, 3.8) is 0 Å². The van der Waals surface area contributed by atoms with Crippen LogP contribution in [0.1, 0.15) is 92.0 Å². The summed E-state index contributed by atoms with van der Waals surface area (Å²) < 4.78 is 41.4. The Labute approximate surface area is 451 Å². The molecule has 18 nitrogen and oxygen atoms in total. The molecule has 4 heterocycles. The van der Waals surface area contributed by atoms with Gasteiger partial charge in [-0.15, -0.1) is 11.3 Å². The van der Waals surface area contributed by atoms with Gasteiger partial charge in [0.2, 0.25) is 29.5 Å². The number of anilines is 3. The van der Waals surface area contributed by atoms with Gasteiger partial charge in [0.15, 0.2) is 5.82 Å². The van der Waals surface area contributed by atoms with Gasteiger partial charge in [0, 0.05) is 66.4 Å². The highest BCUT2D eigenvalue weighted by molar-refractivity contribution is 7.13. The largest absolute Gasteiger partial charge is 0.416 e. The van der Waals surface area contributed by atoms with Crippen molar-refractivity contribution in [2.24, 2.45) is 5.41 Å². The van der Waals surface area contributed by atoms with Crippen molar-refractivity contribution in [1.82, 2.24) is 40.5 Å². The maximum atomic E-state index is 14.0. The van der Waals surface area contributed by atoms with Crippen LogP contribution in [0.3, 0.4) is 0 Å². The fourth-order valence-electron chi connectivity index (χ4n) is 9.12. The third-order valence-corrected chi connectivity index (χ3v) is 14.3. The number of aryl methyl sites for hydroxylation is 2. The lowest BCUT2D eigenvalue weighted by Gasteiger charge is -2.35. The first kappa shape index (κ1) is 56.0. The molecule has 1 fully saturated rings. The number of rotatable bonds is 19. The van der Waals surface area contributed by atoms with Gasteiger partial charge in [0.1, 0.15) is 18.6 Å². The van der Waals surface area contributed by atoms with Gasteiger partial charge in [-0.25, -0.2) is 4.98 Å². The van der Waals surface area contributed by atoms with Crippen LogP contribution >= 0.6 is 11.3 Å². The molecule has 22 heteroatoms. The van der Waals surface area contributed by atoms with E-state index in [4.69, 9.17) is 0 Å². The molecule has 0 unspecified atom stereocenters. The van der Waals surface area contributed by atoms with Crippen molar-refractivity contribution in [3.05, 3.63) is 131 Å². The Morgan fingerprint density at radius 2 is 1.50 bits per heavy atom. The Bertz CT molecular complexity index is 3330. The summed E-state index contributed by atoms with van der Waals surface area (Å²) in [5.74, 6) is -2.14. The molecule has 7 N–H and O–H groups in total. The predicted molar refractivity (Wildman–Crippen MR) is 290 cm³/mol. The molecule has 1 aliphatic rings. The maximum Gasteiger partial charge on any atom is 0.416 e. The van der Waals surface area contributed by atoms with Gasteiger partial charge in [0.25, 0.3) is 5.91 Å². The average molecular weight is 1090 g/mol. The number of nitrogens with one attached hydrogen (secondary N) is 6. The molecule has 0 aliphatic carbocycles. The fourth-order valence-corrected chi connectivity index (χ4v) is 9.93. The number of thiazole rings is 1. The lowest BCUT2D eigenvalue weighted by Crippen LogP contribution is -2.57. The van der Waals surface area contributed by atoms with E-state index in [0.717, 1.165) is 33.3 Å². The van der Waals surface area contributed by atoms with Crippen molar-refractivity contribution in [2.75, 3.05) is 22.5 Å². The number of halogens is 3. The number of nitrogens with zero attached hydrogens (tertiary/aromatic N) is 5. The van der Waals surface area contributed by atoms with Gasteiger partial charge < -0.3 is 36.6 Å². The number of aliphatic hydroxyl groups is 1. The number of amides is 6. The summed E-state index contributed by atoms with van der Waals surface area (Å²) in [5, 5.41) is 36.5. The zero-order chi connectivity index (χ0) is 55.9. The lowest BCUT2D eigenvalue weighted by molar-refractivity contribution is -0.144. The van der Waals surface area contributed by atoms with Crippen LogP contribution in [-0.4, -0.2) is 95.1 Å². The number of hydrogen-bond acceptors (Lipinski definition) is 11. The Hall–Kier alpha value is -8.24. The van der Waals surface area contributed by atoms with Gasteiger partial charge >= 0.3 is 6.18 Å². The van der Waals surface area contributed by atoms with Crippen LogP contribution in [0.4, 0.5) is 30.4 Å². The normalized spacial score (nSPS) is 15.0. The zero-order valence-corrected chi connectivity index (χ0v) is 44.4. The topological polar surface area (TPSA) is 245 Å². The van der Waals surface area contributed by atoms with Gasteiger partial charge in [-0.05, 0) is 103 Å². The summed E-state index contributed by atoms with van der Waals surface area (Å²) in [7, 11) is 0. The number of likely N-dealkylation sites (tertiary alicyclic amines) is 1. The number of fused-ring (bicyclic) bond motifs is 1. The van der Waals surface area contributed by atoms with E-state index in [9.17, 15) is 47.0 Å². The van der Waals surface area contributed by atoms with Crippen molar-refractivity contribution >= 4 is 74.9 Å². The van der Waals surface area contributed by atoms with E-state index in [1.54, 1.807) is 71.7 Å². The molecule has 7 aromatic rings. The van der Waals surface area contributed by atoms with Crippen molar-refractivity contribution < 1.29 is 47.0 Å². The molecule has 0 saturated carbocycles. The second-order valence-electron chi connectivity index (χ2n) is 20.4. The third-order valence-electron chi connectivity index (χ3n) is 13.3. The van der Waals surface area contributed by atoms with Gasteiger partial charge in [-0.1, -0.05) is 63.6 Å². The second-order valence-corrected chi connectivity index (χ2v) is 21.3. The summed E-state index contributed by atoms with van der Waals surface area (Å²) in [4.78, 5) is 86.2. The molecule has 0 radical (unpaired) electrons. The van der Waals surface area contributed by atoms with Crippen LogP contribution in [0.25, 0.3) is 32.5 Å². The monoisotopic (exact) mass is 1090 g/mol. The number of aromatic nitrogens is 5. The number of alkyl halides is 3. The Morgan fingerprint density at radius 1 is 0.808 bits per heavy atom. The van der Waals surface area contributed by atoms with Gasteiger partial charge in [-0.2, -0.15) is 23.4 Å². The third kappa shape index (κ3) is 14.0. The lowest BCUT2D eigenvalue weighted by atomic mass is 9.85. The van der Waals surface area contributed by atoms with E-state index in [1.807, 2.05) is 52.0 Å². The Balaban J connectivity index is 0.747. The van der Waals surface area contributed by atoms with Crippen LogP contribution in [0, 0.1) is 19.3 Å². The summed E-state index contributed by atoms with van der Waals surface area (Å²) in [5.41, 5.74) is 5.95.